The molecule has 1 aliphatic heterocycles. The predicted molar refractivity (Wildman–Crippen MR) is 80.1 cm³/mol. The van der Waals surface area contributed by atoms with Gasteiger partial charge in [-0.1, -0.05) is 13.0 Å². The molecule has 4 heteroatoms. The van der Waals surface area contributed by atoms with Gasteiger partial charge in [-0.15, -0.1) is 0 Å². The lowest BCUT2D eigenvalue weighted by molar-refractivity contribution is -0.136. The number of amides is 1. The van der Waals surface area contributed by atoms with E-state index in [9.17, 15) is 4.79 Å². The number of piperidine rings is 1. The zero-order chi connectivity index (χ0) is 14.5. The highest BCUT2D eigenvalue weighted by Gasteiger charge is 2.29. The van der Waals surface area contributed by atoms with E-state index in [0.717, 1.165) is 24.9 Å². The lowest BCUT2D eigenvalue weighted by Gasteiger charge is -2.34. The maximum atomic E-state index is 12.7. The van der Waals surface area contributed by atoms with Crippen molar-refractivity contribution < 1.29 is 4.79 Å². The van der Waals surface area contributed by atoms with Gasteiger partial charge in [0.1, 0.15) is 0 Å². The Hall–Kier alpha value is -1.42. The molecule has 0 aromatic carbocycles. The van der Waals surface area contributed by atoms with Crippen LogP contribution in [0.1, 0.15) is 39.2 Å². The van der Waals surface area contributed by atoms with Crippen LogP contribution in [0.2, 0.25) is 0 Å². The lowest BCUT2D eigenvalue weighted by Crippen LogP contribution is -2.51. The van der Waals surface area contributed by atoms with Crippen molar-refractivity contribution in [3.8, 4) is 0 Å². The first-order valence-electron chi connectivity index (χ1n) is 7.50. The van der Waals surface area contributed by atoms with Gasteiger partial charge in [0.25, 0.3) is 0 Å². The number of rotatable bonds is 4. The van der Waals surface area contributed by atoms with Crippen LogP contribution >= 0.6 is 0 Å². The van der Waals surface area contributed by atoms with Gasteiger partial charge in [-0.25, -0.2) is 0 Å². The molecule has 2 unspecified atom stereocenters. The van der Waals surface area contributed by atoms with Crippen LogP contribution < -0.4 is 5.32 Å². The van der Waals surface area contributed by atoms with Gasteiger partial charge in [-0.05, 0) is 50.8 Å². The Bertz CT molecular complexity index is 433. The maximum Gasteiger partial charge on any atom is 0.240 e. The van der Waals surface area contributed by atoms with Crippen LogP contribution in [0, 0.1) is 5.92 Å². The van der Waals surface area contributed by atoms with Crippen molar-refractivity contribution >= 4 is 5.91 Å². The van der Waals surface area contributed by atoms with Crippen molar-refractivity contribution in [2.75, 3.05) is 6.54 Å². The zero-order valence-corrected chi connectivity index (χ0v) is 12.7. The highest BCUT2D eigenvalue weighted by Crippen LogP contribution is 2.18. The van der Waals surface area contributed by atoms with Crippen molar-refractivity contribution in [3.05, 3.63) is 30.1 Å². The van der Waals surface area contributed by atoms with Gasteiger partial charge < -0.3 is 10.2 Å². The van der Waals surface area contributed by atoms with Crippen LogP contribution in [0.4, 0.5) is 0 Å². The second-order valence-electron chi connectivity index (χ2n) is 6.06. The van der Waals surface area contributed by atoms with Crippen LogP contribution in [-0.2, 0) is 11.3 Å². The fourth-order valence-electron chi connectivity index (χ4n) is 2.70. The van der Waals surface area contributed by atoms with E-state index in [2.05, 4.69) is 31.1 Å². The fourth-order valence-corrected chi connectivity index (χ4v) is 2.70. The van der Waals surface area contributed by atoms with Gasteiger partial charge in [-0.2, -0.15) is 0 Å². The average Bonchev–Trinajstić information content (AvgIpc) is 2.45. The van der Waals surface area contributed by atoms with E-state index in [4.69, 9.17) is 0 Å². The standard InChI is InChI=1S/C16H25N3O/c1-12(2)19(11-14-5-4-7-17-10-14)16(20)15-9-13(3)6-8-18-15/h4-5,7,10,12-13,15,18H,6,8-9,11H2,1-3H3. The number of nitrogens with zero attached hydrogens (tertiary/aromatic N) is 2. The number of hydrogen-bond donors (Lipinski definition) is 1. The average molecular weight is 275 g/mol. The first-order valence-corrected chi connectivity index (χ1v) is 7.50. The Labute approximate surface area is 121 Å². The summed E-state index contributed by atoms with van der Waals surface area (Å²) in [5.41, 5.74) is 1.08. The zero-order valence-electron chi connectivity index (χ0n) is 12.7. The molecule has 1 aliphatic rings. The molecular weight excluding hydrogens is 250 g/mol. The predicted octanol–water partition coefficient (Wildman–Crippen LogP) is 2.21. The Balaban J connectivity index is 2.06. The highest BCUT2D eigenvalue weighted by molar-refractivity contribution is 5.82. The molecule has 1 amide bonds. The van der Waals surface area contributed by atoms with Crippen molar-refractivity contribution in [1.29, 1.82) is 0 Å². The Morgan fingerprint density at radius 2 is 2.35 bits per heavy atom. The number of carbonyl (C=O) groups excluding carboxylic acids is 1. The van der Waals surface area contributed by atoms with Crippen molar-refractivity contribution in [1.82, 2.24) is 15.2 Å². The molecule has 4 nitrogen and oxygen atoms in total. The van der Waals surface area contributed by atoms with E-state index in [1.807, 2.05) is 23.2 Å². The van der Waals surface area contributed by atoms with Gasteiger partial charge in [0.05, 0.1) is 6.04 Å². The fraction of sp³-hybridized carbons (Fsp3) is 0.625. The monoisotopic (exact) mass is 275 g/mol. The summed E-state index contributed by atoms with van der Waals surface area (Å²) < 4.78 is 0. The van der Waals surface area contributed by atoms with Gasteiger partial charge in [-0.3, -0.25) is 9.78 Å². The first-order chi connectivity index (χ1) is 9.58. The molecule has 1 saturated heterocycles. The third kappa shape index (κ3) is 3.79. The van der Waals surface area contributed by atoms with E-state index >= 15 is 0 Å². The van der Waals surface area contributed by atoms with Gasteiger partial charge in [0.15, 0.2) is 0 Å². The highest BCUT2D eigenvalue weighted by atomic mass is 16.2. The van der Waals surface area contributed by atoms with E-state index in [0.29, 0.717) is 12.5 Å². The largest absolute Gasteiger partial charge is 0.335 e. The van der Waals surface area contributed by atoms with Gasteiger partial charge in [0, 0.05) is 25.0 Å². The molecule has 20 heavy (non-hydrogen) atoms. The lowest BCUT2D eigenvalue weighted by atomic mass is 9.93. The van der Waals surface area contributed by atoms with Gasteiger partial charge >= 0.3 is 0 Å². The van der Waals surface area contributed by atoms with E-state index in [1.54, 1.807) is 6.20 Å². The van der Waals surface area contributed by atoms with Crippen LogP contribution in [0.15, 0.2) is 24.5 Å². The summed E-state index contributed by atoms with van der Waals surface area (Å²) in [5, 5.41) is 3.36. The molecule has 0 spiro atoms. The summed E-state index contributed by atoms with van der Waals surface area (Å²) in [5.74, 6) is 0.841. The Morgan fingerprint density at radius 1 is 1.55 bits per heavy atom. The Kier molecular flexibility index (Phi) is 5.12. The second kappa shape index (κ2) is 6.84. The second-order valence-corrected chi connectivity index (χ2v) is 6.06. The number of carbonyl (C=O) groups is 1. The third-order valence-electron chi connectivity index (χ3n) is 3.95. The molecule has 110 valence electrons. The normalized spacial score (nSPS) is 22.8. The van der Waals surface area contributed by atoms with Crippen LogP contribution in [-0.4, -0.2) is 34.4 Å². The summed E-state index contributed by atoms with van der Waals surface area (Å²) >= 11 is 0. The molecule has 0 bridgehead atoms. The van der Waals surface area contributed by atoms with Crippen LogP contribution in [0.25, 0.3) is 0 Å². The molecule has 2 atom stereocenters. The van der Waals surface area contributed by atoms with Crippen molar-refractivity contribution in [2.45, 2.75) is 52.2 Å². The topological polar surface area (TPSA) is 45.2 Å². The number of nitrogens with one attached hydrogen (secondary N) is 1. The molecule has 0 radical (unpaired) electrons. The minimum atomic E-state index is -0.0298. The summed E-state index contributed by atoms with van der Waals surface area (Å²) in [4.78, 5) is 18.8. The maximum absolute atomic E-state index is 12.7. The number of aromatic nitrogens is 1. The molecule has 1 N–H and O–H groups in total. The number of pyridine rings is 1. The number of hydrogen-bond acceptors (Lipinski definition) is 3. The molecule has 1 aromatic heterocycles. The van der Waals surface area contributed by atoms with Crippen LogP contribution in [0.5, 0.6) is 0 Å². The molecule has 2 heterocycles. The summed E-state index contributed by atoms with van der Waals surface area (Å²) in [6, 6.07) is 4.10. The van der Waals surface area contributed by atoms with Gasteiger partial charge in [0.2, 0.25) is 5.91 Å². The first kappa shape index (κ1) is 15.0. The molecule has 0 aliphatic carbocycles. The minimum absolute atomic E-state index is 0.0298. The van der Waals surface area contributed by atoms with Crippen molar-refractivity contribution in [3.63, 3.8) is 0 Å². The molecular formula is C16H25N3O. The van der Waals surface area contributed by atoms with Crippen LogP contribution in [0.3, 0.4) is 0 Å². The third-order valence-corrected chi connectivity index (χ3v) is 3.95. The molecule has 1 aromatic rings. The SMILES string of the molecule is CC1CCNC(C(=O)N(Cc2cccnc2)C(C)C)C1. The summed E-state index contributed by atoms with van der Waals surface area (Å²) in [6.07, 6.45) is 5.69. The van der Waals surface area contributed by atoms with E-state index < -0.39 is 0 Å². The molecule has 0 saturated carbocycles. The summed E-state index contributed by atoms with van der Waals surface area (Å²) in [6.45, 7) is 7.94. The van der Waals surface area contributed by atoms with E-state index in [-0.39, 0.29) is 18.0 Å². The van der Waals surface area contributed by atoms with Crippen molar-refractivity contribution in [2.24, 2.45) is 5.92 Å². The summed E-state index contributed by atoms with van der Waals surface area (Å²) in [7, 11) is 0. The molecule has 2 rings (SSSR count). The quantitative estimate of drug-likeness (QED) is 0.916. The Morgan fingerprint density at radius 3 is 2.95 bits per heavy atom. The minimum Gasteiger partial charge on any atom is -0.335 e. The van der Waals surface area contributed by atoms with E-state index in [1.165, 1.54) is 0 Å². The molecule has 1 fully saturated rings. The smallest absolute Gasteiger partial charge is 0.240 e.